The highest BCUT2D eigenvalue weighted by Gasteiger charge is 2.27. The Morgan fingerprint density at radius 2 is 2.00 bits per heavy atom. The highest BCUT2D eigenvalue weighted by atomic mass is 14.6. The Hall–Kier alpha value is -0.300. The van der Waals surface area contributed by atoms with E-state index in [0.717, 1.165) is 5.92 Å². The molecule has 2 rings (SSSR count). The average Bonchev–Trinajstić information content (AvgIpc) is 1.91. The quantitative estimate of drug-likeness (QED) is 0.571. The predicted octanol–water partition coefficient (Wildman–Crippen LogP) is 2.22. The van der Waals surface area contributed by atoms with Gasteiger partial charge in [0.25, 0.3) is 0 Å². The van der Waals surface area contributed by atoms with Crippen LogP contribution in [0.4, 0.5) is 0 Å². The van der Waals surface area contributed by atoms with Crippen molar-refractivity contribution in [1.82, 2.24) is 0 Å². The Morgan fingerprint density at radius 1 is 1.27 bits per heavy atom. The second-order valence-electron chi connectivity index (χ2n) is 4.07. The molecule has 0 bridgehead atoms. The summed E-state index contributed by atoms with van der Waals surface area (Å²) in [5.41, 5.74) is 9.39. The zero-order chi connectivity index (χ0) is 7.84. The predicted molar refractivity (Wildman–Crippen MR) is 47.3 cm³/mol. The van der Waals surface area contributed by atoms with Gasteiger partial charge in [-0.3, -0.25) is 0 Å². The van der Waals surface area contributed by atoms with Crippen LogP contribution in [0.5, 0.6) is 0 Å². The van der Waals surface area contributed by atoms with Gasteiger partial charge in [0, 0.05) is 6.04 Å². The molecule has 0 heterocycles. The average molecular weight is 151 g/mol. The zero-order valence-electron chi connectivity index (χ0n) is 7.27. The first kappa shape index (κ1) is 7.35. The molecule has 0 amide bonds. The molecule has 0 saturated carbocycles. The van der Waals surface area contributed by atoms with Crippen LogP contribution in [0.25, 0.3) is 0 Å². The molecule has 0 aliphatic heterocycles. The van der Waals surface area contributed by atoms with Gasteiger partial charge >= 0.3 is 0 Å². The Bertz CT molecular complexity index is 191. The molecular weight excluding hydrogens is 134 g/mol. The SMILES string of the molecule is CC(N)C1CCC2=C(CC2)C1. The molecule has 0 radical (unpaired) electrons. The normalized spacial score (nSPS) is 32.7. The molecule has 2 N–H and O–H groups in total. The fraction of sp³-hybridized carbons (Fsp3) is 0.800. The van der Waals surface area contributed by atoms with Crippen LogP contribution in [-0.2, 0) is 0 Å². The molecule has 1 nitrogen and oxygen atoms in total. The molecular formula is C10H17N. The van der Waals surface area contributed by atoms with E-state index in [1.165, 1.54) is 32.1 Å². The van der Waals surface area contributed by atoms with E-state index >= 15 is 0 Å². The van der Waals surface area contributed by atoms with E-state index in [2.05, 4.69) is 6.92 Å². The molecule has 2 unspecified atom stereocenters. The third kappa shape index (κ3) is 1.22. The van der Waals surface area contributed by atoms with Gasteiger partial charge in [0.1, 0.15) is 0 Å². The fourth-order valence-electron chi connectivity index (χ4n) is 2.25. The van der Waals surface area contributed by atoms with E-state index in [0.29, 0.717) is 6.04 Å². The summed E-state index contributed by atoms with van der Waals surface area (Å²) in [7, 11) is 0. The lowest BCUT2D eigenvalue weighted by Crippen LogP contribution is -2.30. The highest BCUT2D eigenvalue weighted by Crippen LogP contribution is 2.42. The van der Waals surface area contributed by atoms with Crippen LogP contribution in [0.3, 0.4) is 0 Å². The number of rotatable bonds is 1. The summed E-state index contributed by atoms with van der Waals surface area (Å²) in [5, 5.41) is 0. The third-order valence-electron chi connectivity index (χ3n) is 3.30. The Morgan fingerprint density at radius 3 is 2.45 bits per heavy atom. The van der Waals surface area contributed by atoms with Crippen LogP contribution in [0.2, 0.25) is 0 Å². The number of nitrogens with two attached hydrogens (primary N) is 1. The second-order valence-corrected chi connectivity index (χ2v) is 4.07. The molecule has 0 aromatic carbocycles. The van der Waals surface area contributed by atoms with Crippen molar-refractivity contribution >= 4 is 0 Å². The molecule has 0 fully saturated rings. The van der Waals surface area contributed by atoms with Crippen molar-refractivity contribution in [2.75, 3.05) is 0 Å². The Balaban J connectivity index is 2.01. The summed E-state index contributed by atoms with van der Waals surface area (Å²) in [6.07, 6.45) is 6.77. The van der Waals surface area contributed by atoms with E-state index in [-0.39, 0.29) is 0 Å². The van der Waals surface area contributed by atoms with Crippen LogP contribution in [0.1, 0.15) is 39.0 Å². The Labute approximate surface area is 68.7 Å². The number of hydrogen-bond acceptors (Lipinski definition) is 1. The maximum atomic E-state index is 5.88. The van der Waals surface area contributed by atoms with E-state index in [1.807, 2.05) is 0 Å². The lowest BCUT2D eigenvalue weighted by molar-refractivity contribution is 0.365. The lowest BCUT2D eigenvalue weighted by Gasteiger charge is -2.35. The first-order valence-corrected chi connectivity index (χ1v) is 4.72. The summed E-state index contributed by atoms with van der Waals surface area (Å²) < 4.78 is 0. The van der Waals surface area contributed by atoms with Gasteiger partial charge in [0.2, 0.25) is 0 Å². The van der Waals surface area contributed by atoms with Crippen molar-refractivity contribution in [3.8, 4) is 0 Å². The molecule has 2 aliphatic rings. The molecule has 62 valence electrons. The maximum Gasteiger partial charge on any atom is 0.00419 e. The van der Waals surface area contributed by atoms with Crippen molar-refractivity contribution in [3.05, 3.63) is 11.1 Å². The van der Waals surface area contributed by atoms with E-state index in [4.69, 9.17) is 5.73 Å². The van der Waals surface area contributed by atoms with Crippen molar-refractivity contribution < 1.29 is 0 Å². The largest absolute Gasteiger partial charge is 0.328 e. The minimum atomic E-state index is 0.407. The van der Waals surface area contributed by atoms with Gasteiger partial charge in [-0.15, -0.1) is 0 Å². The third-order valence-corrected chi connectivity index (χ3v) is 3.30. The Kier molecular flexibility index (Phi) is 1.76. The highest BCUT2D eigenvalue weighted by molar-refractivity contribution is 5.27. The van der Waals surface area contributed by atoms with Crippen LogP contribution < -0.4 is 5.73 Å². The molecule has 0 saturated heterocycles. The number of hydrogen-bond donors (Lipinski definition) is 1. The summed E-state index contributed by atoms with van der Waals surface area (Å²) in [6, 6.07) is 0.407. The van der Waals surface area contributed by atoms with Gasteiger partial charge in [-0.1, -0.05) is 11.1 Å². The summed E-state index contributed by atoms with van der Waals surface area (Å²) >= 11 is 0. The monoisotopic (exact) mass is 151 g/mol. The van der Waals surface area contributed by atoms with Crippen LogP contribution in [-0.4, -0.2) is 6.04 Å². The molecule has 0 aromatic rings. The van der Waals surface area contributed by atoms with Gasteiger partial charge in [-0.25, -0.2) is 0 Å². The number of allylic oxidation sites excluding steroid dienone is 2. The van der Waals surface area contributed by atoms with Crippen molar-refractivity contribution in [3.63, 3.8) is 0 Å². The first-order valence-electron chi connectivity index (χ1n) is 4.72. The molecule has 2 aliphatic carbocycles. The van der Waals surface area contributed by atoms with Gasteiger partial charge in [0.15, 0.2) is 0 Å². The van der Waals surface area contributed by atoms with Gasteiger partial charge in [0.05, 0.1) is 0 Å². The second kappa shape index (κ2) is 2.63. The van der Waals surface area contributed by atoms with Crippen molar-refractivity contribution in [2.45, 2.75) is 45.1 Å². The summed E-state index contributed by atoms with van der Waals surface area (Å²) in [5.74, 6) is 0.786. The minimum absolute atomic E-state index is 0.407. The van der Waals surface area contributed by atoms with Crippen molar-refractivity contribution in [1.29, 1.82) is 0 Å². The zero-order valence-corrected chi connectivity index (χ0v) is 7.27. The van der Waals surface area contributed by atoms with E-state index in [1.54, 1.807) is 11.1 Å². The van der Waals surface area contributed by atoms with E-state index in [9.17, 15) is 0 Å². The van der Waals surface area contributed by atoms with Gasteiger partial charge in [-0.05, 0) is 44.9 Å². The minimum Gasteiger partial charge on any atom is -0.328 e. The van der Waals surface area contributed by atoms with Gasteiger partial charge in [-0.2, -0.15) is 0 Å². The van der Waals surface area contributed by atoms with Crippen molar-refractivity contribution in [2.24, 2.45) is 11.7 Å². The van der Waals surface area contributed by atoms with E-state index < -0.39 is 0 Å². The molecule has 1 heteroatoms. The first-order chi connectivity index (χ1) is 5.27. The molecule has 0 aromatic heterocycles. The van der Waals surface area contributed by atoms with Gasteiger partial charge < -0.3 is 5.73 Å². The summed E-state index contributed by atoms with van der Waals surface area (Å²) in [4.78, 5) is 0. The lowest BCUT2D eigenvalue weighted by atomic mass is 9.72. The molecule has 11 heavy (non-hydrogen) atoms. The summed E-state index contributed by atoms with van der Waals surface area (Å²) in [6.45, 7) is 2.15. The van der Waals surface area contributed by atoms with Crippen LogP contribution >= 0.6 is 0 Å². The maximum absolute atomic E-state index is 5.88. The van der Waals surface area contributed by atoms with Crippen LogP contribution in [0, 0.1) is 5.92 Å². The fourth-order valence-corrected chi connectivity index (χ4v) is 2.25. The van der Waals surface area contributed by atoms with Crippen LogP contribution in [0.15, 0.2) is 11.1 Å². The standard InChI is InChI=1S/C10H17N/c1-7(11)9-4-2-8-3-5-10(8)6-9/h7,9H,2-6,11H2,1H3. The smallest absolute Gasteiger partial charge is 0.00419 e. The topological polar surface area (TPSA) is 26.0 Å². The molecule has 2 atom stereocenters. The molecule has 0 spiro atoms.